The molecule has 1 spiro atoms. The maximum atomic E-state index is 13.3. The third-order valence-corrected chi connectivity index (χ3v) is 8.20. The van der Waals surface area contributed by atoms with E-state index in [9.17, 15) is 4.79 Å². The van der Waals surface area contributed by atoms with Crippen LogP contribution in [0.3, 0.4) is 0 Å². The van der Waals surface area contributed by atoms with Gasteiger partial charge in [-0.05, 0) is 68.2 Å². The highest BCUT2D eigenvalue weighted by Crippen LogP contribution is 2.69. The van der Waals surface area contributed by atoms with Crippen LogP contribution in [-0.2, 0) is 17.8 Å². The van der Waals surface area contributed by atoms with E-state index in [-0.39, 0.29) is 5.41 Å². The van der Waals surface area contributed by atoms with Gasteiger partial charge in [0.25, 0.3) is 0 Å². The zero-order valence-electron chi connectivity index (χ0n) is 16.7. The number of hydrogen-bond donors (Lipinski definition) is 1. The number of hydrogen-bond acceptors (Lipinski definition) is 3. The second-order valence-corrected chi connectivity index (χ2v) is 9.55. The van der Waals surface area contributed by atoms with Gasteiger partial charge in [0.1, 0.15) is 0 Å². The Bertz CT molecular complexity index is 718. The molecule has 4 nitrogen and oxygen atoms in total. The molecule has 1 aromatic carbocycles. The van der Waals surface area contributed by atoms with Crippen molar-refractivity contribution >= 4 is 5.91 Å². The minimum absolute atomic E-state index is 0.0774. The van der Waals surface area contributed by atoms with E-state index in [1.54, 1.807) is 0 Å². The summed E-state index contributed by atoms with van der Waals surface area (Å²) in [6.07, 6.45) is 6.92. The number of benzene rings is 1. The van der Waals surface area contributed by atoms with E-state index in [2.05, 4.69) is 46.3 Å². The van der Waals surface area contributed by atoms with Crippen molar-refractivity contribution < 1.29 is 4.79 Å². The monoisotopic (exact) mass is 367 g/mol. The third kappa shape index (κ3) is 2.92. The number of amides is 1. The average molecular weight is 368 g/mol. The summed E-state index contributed by atoms with van der Waals surface area (Å²) in [6.45, 7) is 8.57. The summed E-state index contributed by atoms with van der Waals surface area (Å²) in [5.41, 5.74) is 3.25. The normalized spacial score (nSPS) is 30.9. The van der Waals surface area contributed by atoms with E-state index in [4.69, 9.17) is 0 Å². The molecule has 1 amide bonds. The number of carbonyl (C=O) groups excluding carboxylic acids is 1. The Morgan fingerprint density at radius 1 is 1.07 bits per heavy atom. The van der Waals surface area contributed by atoms with Crippen LogP contribution in [-0.4, -0.2) is 54.5 Å². The van der Waals surface area contributed by atoms with Crippen molar-refractivity contribution in [2.24, 2.45) is 10.8 Å². The Morgan fingerprint density at radius 2 is 1.78 bits per heavy atom. The molecule has 5 rings (SSSR count). The summed E-state index contributed by atoms with van der Waals surface area (Å²) < 4.78 is 0. The van der Waals surface area contributed by atoms with E-state index in [0.29, 0.717) is 17.4 Å². The van der Waals surface area contributed by atoms with Crippen LogP contribution in [0.25, 0.3) is 0 Å². The molecule has 4 heteroatoms. The van der Waals surface area contributed by atoms with Gasteiger partial charge in [-0.15, -0.1) is 0 Å². The van der Waals surface area contributed by atoms with Crippen molar-refractivity contribution in [3.8, 4) is 0 Å². The molecule has 0 aromatic heterocycles. The first-order valence-corrected chi connectivity index (χ1v) is 10.9. The molecule has 1 saturated carbocycles. The molecule has 0 radical (unpaired) electrons. The predicted octanol–water partition coefficient (Wildman–Crippen LogP) is 2.82. The summed E-state index contributed by atoms with van der Waals surface area (Å²) in [5.74, 6) is 0.451. The zero-order valence-corrected chi connectivity index (χ0v) is 16.7. The fourth-order valence-electron chi connectivity index (χ4n) is 6.18. The molecule has 3 aliphatic heterocycles. The van der Waals surface area contributed by atoms with Gasteiger partial charge in [0.2, 0.25) is 5.91 Å². The van der Waals surface area contributed by atoms with Crippen molar-refractivity contribution in [3.05, 3.63) is 35.4 Å². The smallest absolute Gasteiger partial charge is 0.229 e. The Balaban J connectivity index is 1.18. The maximum absolute atomic E-state index is 13.3. The molecule has 27 heavy (non-hydrogen) atoms. The predicted molar refractivity (Wildman–Crippen MR) is 107 cm³/mol. The van der Waals surface area contributed by atoms with Crippen LogP contribution in [0.2, 0.25) is 0 Å². The van der Waals surface area contributed by atoms with Crippen molar-refractivity contribution in [2.45, 2.75) is 58.0 Å². The van der Waals surface area contributed by atoms with Gasteiger partial charge in [0, 0.05) is 32.2 Å². The lowest BCUT2D eigenvalue weighted by Gasteiger charge is -2.41. The third-order valence-electron chi connectivity index (χ3n) is 8.20. The number of carbonyl (C=O) groups is 1. The molecule has 1 atom stereocenters. The molecular weight excluding hydrogens is 334 g/mol. The van der Waals surface area contributed by atoms with E-state index in [1.807, 2.05) is 0 Å². The molecule has 146 valence electrons. The Labute approximate surface area is 163 Å². The SMILES string of the molecule is CC1(C(=O)N2CCC(N3CCc4ccccc4C3)CC2)CC12CCNCC2. The summed E-state index contributed by atoms with van der Waals surface area (Å²) in [5, 5.41) is 3.46. The molecule has 1 aromatic rings. The first-order chi connectivity index (χ1) is 13.1. The minimum atomic E-state index is -0.0774. The van der Waals surface area contributed by atoms with Gasteiger partial charge in [-0.1, -0.05) is 31.2 Å². The van der Waals surface area contributed by atoms with Gasteiger partial charge in [0.15, 0.2) is 0 Å². The molecule has 3 fully saturated rings. The lowest BCUT2D eigenvalue weighted by atomic mass is 9.84. The number of fused-ring (bicyclic) bond motifs is 1. The van der Waals surface area contributed by atoms with E-state index >= 15 is 0 Å². The minimum Gasteiger partial charge on any atom is -0.342 e. The lowest BCUT2D eigenvalue weighted by molar-refractivity contribution is -0.139. The van der Waals surface area contributed by atoms with Crippen molar-refractivity contribution in [3.63, 3.8) is 0 Å². The molecule has 1 aliphatic carbocycles. The fraction of sp³-hybridized carbons (Fsp3) is 0.696. The van der Waals surface area contributed by atoms with Crippen LogP contribution in [0.5, 0.6) is 0 Å². The summed E-state index contributed by atoms with van der Waals surface area (Å²) in [4.78, 5) is 18.2. The van der Waals surface area contributed by atoms with Crippen molar-refractivity contribution in [2.75, 3.05) is 32.7 Å². The maximum Gasteiger partial charge on any atom is 0.229 e. The molecule has 2 saturated heterocycles. The van der Waals surface area contributed by atoms with E-state index < -0.39 is 0 Å². The number of likely N-dealkylation sites (tertiary alicyclic amines) is 1. The highest BCUT2D eigenvalue weighted by molar-refractivity contribution is 5.87. The number of piperidine rings is 2. The van der Waals surface area contributed by atoms with Gasteiger partial charge in [-0.3, -0.25) is 9.69 Å². The molecular formula is C23H33N3O. The summed E-state index contributed by atoms with van der Waals surface area (Å²) in [7, 11) is 0. The molecule has 1 N–H and O–H groups in total. The highest BCUT2D eigenvalue weighted by atomic mass is 16.2. The Hall–Kier alpha value is -1.39. The topological polar surface area (TPSA) is 35.6 Å². The standard InChI is InChI=1S/C23H33N3O/c1-22(17-23(22)9-11-24-12-10-23)21(27)25-14-7-20(8-15-25)26-13-6-18-4-2-3-5-19(18)16-26/h2-5,20,24H,6-17H2,1H3. The molecule has 0 bridgehead atoms. The zero-order chi connectivity index (χ0) is 18.5. The number of nitrogens with zero attached hydrogens (tertiary/aromatic N) is 2. The van der Waals surface area contributed by atoms with E-state index in [0.717, 1.165) is 52.0 Å². The van der Waals surface area contributed by atoms with Crippen molar-refractivity contribution in [1.29, 1.82) is 0 Å². The Kier molecular flexibility index (Phi) is 4.32. The van der Waals surface area contributed by atoms with Crippen molar-refractivity contribution in [1.82, 2.24) is 15.1 Å². The summed E-state index contributed by atoms with van der Waals surface area (Å²) >= 11 is 0. The lowest BCUT2D eigenvalue weighted by Crippen LogP contribution is -2.50. The fourth-order valence-corrected chi connectivity index (χ4v) is 6.18. The number of rotatable bonds is 2. The molecule has 1 unspecified atom stereocenters. The van der Waals surface area contributed by atoms with Crippen LogP contribution < -0.4 is 5.32 Å². The van der Waals surface area contributed by atoms with Gasteiger partial charge in [0.05, 0.1) is 5.41 Å². The highest BCUT2D eigenvalue weighted by Gasteiger charge is 2.68. The van der Waals surface area contributed by atoms with Crippen LogP contribution in [0.15, 0.2) is 24.3 Å². The number of nitrogens with one attached hydrogen (secondary N) is 1. The first-order valence-electron chi connectivity index (χ1n) is 10.9. The van der Waals surface area contributed by atoms with Crippen LogP contribution in [0.1, 0.15) is 50.2 Å². The van der Waals surface area contributed by atoms with E-state index in [1.165, 1.54) is 36.9 Å². The van der Waals surface area contributed by atoms with Gasteiger partial charge < -0.3 is 10.2 Å². The van der Waals surface area contributed by atoms with Crippen LogP contribution >= 0.6 is 0 Å². The average Bonchev–Trinajstić information content (AvgIpc) is 3.31. The summed E-state index contributed by atoms with van der Waals surface area (Å²) in [6, 6.07) is 9.53. The quantitative estimate of drug-likeness (QED) is 0.873. The second kappa shape index (κ2) is 6.59. The van der Waals surface area contributed by atoms with Crippen LogP contribution in [0.4, 0.5) is 0 Å². The largest absolute Gasteiger partial charge is 0.342 e. The van der Waals surface area contributed by atoms with Gasteiger partial charge in [-0.25, -0.2) is 0 Å². The molecule has 4 aliphatic rings. The second-order valence-electron chi connectivity index (χ2n) is 9.55. The first kappa shape index (κ1) is 17.7. The van der Waals surface area contributed by atoms with Crippen LogP contribution in [0, 0.1) is 10.8 Å². The van der Waals surface area contributed by atoms with Gasteiger partial charge >= 0.3 is 0 Å². The Morgan fingerprint density at radius 3 is 2.52 bits per heavy atom. The molecule has 3 heterocycles. The van der Waals surface area contributed by atoms with Gasteiger partial charge in [-0.2, -0.15) is 0 Å².